The number of rotatable bonds is 0. The molecule has 0 saturated heterocycles. The van der Waals surface area contributed by atoms with Gasteiger partial charge in [0, 0.05) is 20.1 Å². The van der Waals surface area contributed by atoms with Crippen LogP contribution in [0.5, 0.6) is 0 Å². The molecule has 1 aromatic carbocycles. The van der Waals surface area contributed by atoms with Crippen molar-refractivity contribution in [1.29, 1.82) is 0 Å². The molecule has 0 spiro atoms. The molecule has 0 amide bonds. The smallest absolute Gasteiger partial charge is 0.0606 e. The quantitative estimate of drug-likeness (QED) is 0.641. The van der Waals surface area contributed by atoms with Gasteiger partial charge in [0.05, 0.1) is 16.9 Å². The van der Waals surface area contributed by atoms with Crippen molar-refractivity contribution < 1.29 is 0 Å². The van der Waals surface area contributed by atoms with Crippen LogP contribution < -0.4 is 9.80 Å². The number of nitrogens with zero attached hydrogens (tertiary/aromatic N) is 2. The lowest BCUT2D eigenvalue weighted by Crippen LogP contribution is -2.59. The Morgan fingerprint density at radius 1 is 1.07 bits per heavy atom. The summed E-state index contributed by atoms with van der Waals surface area (Å²) in [7, 11) is 4.36. The molecule has 2 nitrogen and oxygen atoms in total. The first-order valence-electron chi connectivity index (χ1n) is 5.52. The average molecular weight is 204 g/mol. The number of benzene rings is 1. The topological polar surface area (TPSA) is 6.48 Å². The molecule has 1 unspecified atom stereocenters. The van der Waals surface area contributed by atoms with Crippen molar-refractivity contribution in [3.63, 3.8) is 0 Å². The molecule has 0 aliphatic carbocycles. The van der Waals surface area contributed by atoms with Gasteiger partial charge in [-0.1, -0.05) is 12.1 Å². The van der Waals surface area contributed by atoms with Crippen molar-refractivity contribution in [1.82, 2.24) is 0 Å². The van der Waals surface area contributed by atoms with Crippen LogP contribution in [0, 0.1) is 0 Å². The summed E-state index contributed by atoms with van der Waals surface area (Å²) in [5.74, 6) is 0. The van der Waals surface area contributed by atoms with E-state index in [-0.39, 0.29) is 5.54 Å². The molecule has 15 heavy (non-hydrogen) atoms. The minimum Gasteiger partial charge on any atom is -0.368 e. The molecule has 2 heteroatoms. The number of fused-ring (bicyclic) bond motifs is 1. The summed E-state index contributed by atoms with van der Waals surface area (Å²) in [6.45, 7) is 6.88. The van der Waals surface area contributed by atoms with Crippen LogP contribution in [0.15, 0.2) is 24.3 Å². The van der Waals surface area contributed by atoms with E-state index in [1.807, 2.05) is 0 Å². The van der Waals surface area contributed by atoms with E-state index in [0.717, 1.165) is 0 Å². The summed E-state index contributed by atoms with van der Waals surface area (Å²) in [5, 5.41) is 0. The Morgan fingerprint density at radius 2 is 1.60 bits per heavy atom. The third kappa shape index (κ3) is 1.31. The Labute approximate surface area is 92.5 Å². The first kappa shape index (κ1) is 10.3. The maximum absolute atomic E-state index is 2.38. The van der Waals surface area contributed by atoms with Crippen LogP contribution in [-0.2, 0) is 0 Å². The van der Waals surface area contributed by atoms with Crippen LogP contribution in [-0.4, -0.2) is 25.7 Å². The molecule has 0 aromatic heterocycles. The third-order valence-corrected chi connectivity index (χ3v) is 4.09. The Balaban J connectivity index is 2.57. The lowest BCUT2D eigenvalue weighted by Gasteiger charge is -2.52. The predicted octanol–water partition coefficient (Wildman–Crippen LogP) is 2.74. The van der Waals surface area contributed by atoms with Gasteiger partial charge in [-0.25, -0.2) is 0 Å². The highest BCUT2D eigenvalue weighted by Crippen LogP contribution is 2.40. The first-order valence-corrected chi connectivity index (χ1v) is 5.52. The first-order chi connectivity index (χ1) is 6.96. The molecular weight excluding hydrogens is 184 g/mol. The molecule has 0 saturated carbocycles. The second-order valence-corrected chi connectivity index (χ2v) is 4.99. The van der Waals surface area contributed by atoms with Gasteiger partial charge in [-0.2, -0.15) is 0 Å². The Morgan fingerprint density at radius 3 is 2.20 bits per heavy atom. The van der Waals surface area contributed by atoms with E-state index in [1.165, 1.54) is 11.4 Å². The Hall–Kier alpha value is -1.18. The van der Waals surface area contributed by atoms with E-state index < -0.39 is 0 Å². The van der Waals surface area contributed by atoms with Crippen molar-refractivity contribution >= 4 is 11.4 Å². The predicted molar refractivity (Wildman–Crippen MR) is 66.8 cm³/mol. The third-order valence-electron chi connectivity index (χ3n) is 4.09. The summed E-state index contributed by atoms with van der Waals surface area (Å²) >= 11 is 0. The molecule has 0 N–H and O–H groups in total. The van der Waals surface area contributed by atoms with Gasteiger partial charge in [0.25, 0.3) is 0 Å². The highest BCUT2D eigenvalue weighted by Gasteiger charge is 2.38. The molecule has 1 atom stereocenters. The molecule has 2 rings (SSSR count). The fourth-order valence-corrected chi connectivity index (χ4v) is 2.32. The monoisotopic (exact) mass is 204 g/mol. The molecule has 1 aromatic rings. The van der Waals surface area contributed by atoms with Gasteiger partial charge in [-0.3, -0.25) is 0 Å². The highest BCUT2D eigenvalue weighted by molar-refractivity contribution is 5.75. The minimum absolute atomic E-state index is 0.170. The Bertz CT molecular complexity index is 371. The van der Waals surface area contributed by atoms with Crippen molar-refractivity contribution in [2.75, 3.05) is 23.9 Å². The van der Waals surface area contributed by atoms with E-state index in [9.17, 15) is 0 Å². The molecule has 0 bridgehead atoms. The van der Waals surface area contributed by atoms with Gasteiger partial charge in [-0.15, -0.1) is 0 Å². The standard InChI is InChI=1S/C13H20N2/c1-10-13(2,3)15(5)12-9-7-6-8-11(12)14(10)4/h6-10H,1-5H3. The summed E-state index contributed by atoms with van der Waals surface area (Å²) in [6, 6.07) is 9.11. The van der Waals surface area contributed by atoms with Gasteiger partial charge >= 0.3 is 0 Å². The average Bonchev–Trinajstić information content (AvgIpc) is 2.24. The number of hydrogen-bond acceptors (Lipinski definition) is 2. The normalized spacial score (nSPS) is 23.9. The van der Waals surface area contributed by atoms with Crippen LogP contribution in [0.4, 0.5) is 11.4 Å². The molecule has 82 valence electrons. The molecule has 1 aliphatic rings. The van der Waals surface area contributed by atoms with E-state index in [0.29, 0.717) is 6.04 Å². The van der Waals surface area contributed by atoms with E-state index >= 15 is 0 Å². The second-order valence-electron chi connectivity index (χ2n) is 4.99. The van der Waals surface area contributed by atoms with Gasteiger partial charge in [0.2, 0.25) is 0 Å². The van der Waals surface area contributed by atoms with Crippen molar-refractivity contribution in [2.24, 2.45) is 0 Å². The number of hydrogen-bond donors (Lipinski definition) is 0. The lowest BCUT2D eigenvalue weighted by atomic mass is 9.89. The van der Waals surface area contributed by atoms with Crippen LogP contribution >= 0.6 is 0 Å². The van der Waals surface area contributed by atoms with E-state index in [4.69, 9.17) is 0 Å². The van der Waals surface area contributed by atoms with Gasteiger partial charge in [-0.05, 0) is 32.9 Å². The fraction of sp³-hybridized carbons (Fsp3) is 0.538. The van der Waals surface area contributed by atoms with Crippen molar-refractivity contribution in [3.05, 3.63) is 24.3 Å². The second kappa shape index (κ2) is 3.16. The molecule has 1 heterocycles. The zero-order valence-corrected chi connectivity index (χ0v) is 10.3. The number of anilines is 2. The summed E-state index contributed by atoms with van der Waals surface area (Å²) < 4.78 is 0. The maximum Gasteiger partial charge on any atom is 0.0606 e. The van der Waals surface area contributed by atoms with Gasteiger partial charge in [0.15, 0.2) is 0 Å². The van der Waals surface area contributed by atoms with E-state index in [1.54, 1.807) is 0 Å². The molecule has 1 aliphatic heterocycles. The fourth-order valence-electron chi connectivity index (χ4n) is 2.32. The van der Waals surface area contributed by atoms with Crippen molar-refractivity contribution in [3.8, 4) is 0 Å². The van der Waals surface area contributed by atoms with Crippen LogP contribution in [0.2, 0.25) is 0 Å². The SMILES string of the molecule is CC1N(C)c2ccccc2N(C)C1(C)C. The summed E-state index contributed by atoms with van der Waals surface area (Å²) in [4.78, 5) is 4.75. The summed E-state index contributed by atoms with van der Waals surface area (Å²) in [5.41, 5.74) is 2.82. The zero-order chi connectivity index (χ0) is 11.2. The number of para-hydroxylation sites is 2. The number of likely N-dealkylation sites (N-methyl/N-ethyl adjacent to an activating group) is 2. The largest absolute Gasteiger partial charge is 0.368 e. The molecular formula is C13H20N2. The summed E-state index contributed by atoms with van der Waals surface area (Å²) in [6.07, 6.45) is 0. The highest BCUT2D eigenvalue weighted by atomic mass is 15.3. The molecule has 0 fully saturated rings. The molecule has 0 radical (unpaired) electrons. The van der Waals surface area contributed by atoms with Gasteiger partial charge in [0.1, 0.15) is 0 Å². The van der Waals surface area contributed by atoms with E-state index in [2.05, 4.69) is 68.9 Å². The van der Waals surface area contributed by atoms with Crippen molar-refractivity contribution in [2.45, 2.75) is 32.4 Å². The van der Waals surface area contributed by atoms with Crippen LogP contribution in [0.25, 0.3) is 0 Å². The Kier molecular flexibility index (Phi) is 2.18. The zero-order valence-electron chi connectivity index (χ0n) is 10.3. The van der Waals surface area contributed by atoms with Gasteiger partial charge < -0.3 is 9.80 Å². The van der Waals surface area contributed by atoms with Crippen LogP contribution in [0.1, 0.15) is 20.8 Å². The minimum atomic E-state index is 0.170. The lowest BCUT2D eigenvalue weighted by molar-refractivity contribution is 0.385. The van der Waals surface area contributed by atoms with Crippen LogP contribution in [0.3, 0.4) is 0 Å². The maximum atomic E-state index is 2.38.